The molecule has 0 atom stereocenters. The molecule has 0 spiro atoms. The van der Waals surface area contributed by atoms with Gasteiger partial charge < -0.3 is 14.6 Å². The van der Waals surface area contributed by atoms with Gasteiger partial charge in [-0.1, -0.05) is 24.3 Å². The van der Waals surface area contributed by atoms with Gasteiger partial charge in [0.15, 0.2) is 0 Å². The SMILES string of the molecule is C1COCCO1.CC(=O)O.O=S(=O)(O)c1cccc2c(S(=O)(=O)O)cccc12. The minimum absolute atomic E-state index is 0.0233. The number of carboxylic acid groups (broad SMARTS) is 1. The van der Waals surface area contributed by atoms with Crippen LogP contribution >= 0.6 is 0 Å². The Morgan fingerprint density at radius 2 is 1.07 bits per heavy atom. The van der Waals surface area contributed by atoms with Gasteiger partial charge in [-0.05, 0) is 12.1 Å². The predicted molar refractivity (Wildman–Crippen MR) is 98.5 cm³/mol. The molecular formula is C16H20O10S2. The summed E-state index contributed by atoms with van der Waals surface area (Å²) in [5.74, 6) is -0.833. The smallest absolute Gasteiger partial charge is 0.300 e. The van der Waals surface area contributed by atoms with Gasteiger partial charge in [-0.3, -0.25) is 13.9 Å². The minimum Gasteiger partial charge on any atom is -0.481 e. The first-order chi connectivity index (χ1) is 12.9. The van der Waals surface area contributed by atoms with Crippen molar-refractivity contribution in [3.63, 3.8) is 0 Å². The maximum Gasteiger partial charge on any atom is 0.300 e. The lowest BCUT2D eigenvalue weighted by Crippen LogP contribution is -2.16. The number of carbonyl (C=O) groups is 1. The average molecular weight is 436 g/mol. The molecule has 2 aromatic rings. The highest BCUT2D eigenvalue weighted by Gasteiger charge is 2.18. The van der Waals surface area contributed by atoms with Crippen LogP contribution in [0.4, 0.5) is 0 Å². The van der Waals surface area contributed by atoms with Gasteiger partial charge in [0.25, 0.3) is 26.2 Å². The van der Waals surface area contributed by atoms with E-state index in [0.29, 0.717) is 0 Å². The van der Waals surface area contributed by atoms with Crippen LogP contribution in [-0.2, 0) is 34.5 Å². The summed E-state index contributed by atoms with van der Waals surface area (Å²) in [4.78, 5) is 8.18. The second kappa shape index (κ2) is 10.5. The number of ether oxygens (including phenoxy) is 2. The summed E-state index contributed by atoms with van der Waals surface area (Å²) in [7, 11) is -8.94. The molecule has 1 fully saturated rings. The molecule has 3 N–H and O–H groups in total. The zero-order chi connectivity index (χ0) is 21.4. The first kappa shape index (κ1) is 23.9. The average Bonchev–Trinajstić information content (AvgIpc) is 2.60. The van der Waals surface area contributed by atoms with Crippen LogP contribution in [0.2, 0.25) is 0 Å². The van der Waals surface area contributed by atoms with Crippen LogP contribution in [-0.4, -0.2) is 63.4 Å². The highest BCUT2D eigenvalue weighted by molar-refractivity contribution is 7.86. The fraction of sp³-hybridized carbons (Fsp3) is 0.312. The van der Waals surface area contributed by atoms with Crippen molar-refractivity contribution in [3.05, 3.63) is 36.4 Å². The van der Waals surface area contributed by atoms with Gasteiger partial charge in [-0.25, -0.2) is 0 Å². The molecule has 0 unspecified atom stereocenters. The Morgan fingerprint density at radius 1 is 0.786 bits per heavy atom. The third-order valence-corrected chi connectivity index (χ3v) is 4.97. The summed E-state index contributed by atoms with van der Waals surface area (Å²) in [5.41, 5.74) is 0. The van der Waals surface area contributed by atoms with E-state index in [1.165, 1.54) is 24.3 Å². The fourth-order valence-corrected chi connectivity index (χ4v) is 3.55. The van der Waals surface area contributed by atoms with Crippen molar-refractivity contribution in [2.24, 2.45) is 0 Å². The van der Waals surface area contributed by atoms with Crippen LogP contribution in [0.1, 0.15) is 6.92 Å². The highest BCUT2D eigenvalue weighted by atomic mass is 32.2. The van der Waals surface area contributed by atoms with E-state index in [0.717, 1.165) is 45.5 Å². The second-order valence-corrected chi connectivity index (χ2v) is 8.08. The molecule has 1 aliphatic heterocycles. The molecule has 28 heavy (non-hydrogen) atoms. The van der Waals surface area contributed by atoms with E-state index >= 15 is 0 Å². The topological polar surface area (TPSA) is 164 Å². The molecule has 0 saturated carbocycles. The van der Waals surface area contributed by atoms with Crippen molar-refractivity contribution >= 4 is 37.0 Å². The van der Waals surface area contributed by atoms with Gasteiger partial charge in [0, 0.05) is 17.7 Å². The molecule has 0 aromatic heterocycles. The van der Waals surface area contributed by atoms with Gasteiger partial charge in [-0.15, -0.1) is 0 Å². The van der Waals surface area contributed by atoms with E-state index in [-0.39, 0.29) is 10.8 Å². The number of aliphatic carboxylic acids is 1. The van der Waals surface area contributed by atoms with Crippen LogP contribution < -0.4 is 0 Å². The normalized spacial score (nSPS) is 14.2. The molecule has 2 aromatic carbocycles. The van der Waals surface area contributed by atoms with E-state index in [4.69, 9.17) is 28.5 Å². The Bertz CT molecular complexity index is 922. The van der Waals surface area contributed by atoms with Gasteiger partial charge in [0.2, 0.25) is 0 Å². The molecule has 0 bridgehead atoms. The lowest BCUT2D eigenvalue weighted by Gasteiger charge is -2.09. The monoisotopic (exact) mass is 436 g/mol. The standard InChI is InChI=1S/C10H8O6S2.C4H8O2.C2H4O2/c11-17(12,13)9-5-1-3-7-8(9)4-2-6-10(7)18(14,15)16;1-2-6-4-3-5-1;1-2(3)4/h1-6H,(H,11,12,13)(H,14,15,16);1-4H2;1H3,(H,3,4). The fourth-order valence-electron chi connectivity index (χ4n) is 2.14. The summed E-state index contributed by atoms with van der Waals surface area (Å²) >= 11 is 0. The van der Waals surface area contributed by atoms with Crippen molar-refractivity contribution in [2.45, 2.75) is 16.7 Å². The minimum atomic E-state index is -4.47. The summed E-state index contributed by atoms with van der Waals surface area (Å²) < 4.78 is 72.6. The predicted octanol–water partition coefficient (Wildman–Crippen LogP) is 1.46. The van der Waals surface area contributed by atoms with Crippen LogP contribution in [0.3, 0.4) is 0 Å². The lowest BCUT2D eigenvalue weighted by molar-refractivity contribution is -0.134. The maximum atomic E-state index is 11.2. The molecule has 1 saturated heterocycles. The number of hydrogen-bond acceptors (Lipinski definition) is 7. The molecule has 0 aliphatic carbocycles. The van der Waals surface area contributed by atoms with Gasteiger partial charge in [-0.2, -0.15) is 16.8 Å². The van der Waals surface area contributed by atoms with Crippen LogP contribution in [0.5, 0.6) is 0 Å². The van der Waals surface area contributed by atoms with Crippen LogP contribution in [0.25, 0.3) is 10.8 Å². The highest BCUT2D eigenvalue weighted by Crippen LogP contribution is 2.27. The molecule has 10 nitrogen and oxygen atoms in total. The van der Waals surface area contributed by atoms with Gasteiger partial charge >= 0.3 is 0 Å². The number of benzene rings is 2. The Balaban J connectivity index is 0.000000322. The summed E-state index contributed by atoms with van der Waals surface area (Å²) in [6.45, 7) is 4.19. The second-order valence-electron chi connectivity index (χ2n) is 5.30. The van der Waals surface area contributed by atoms with Crippen molar-refractivity contribution in [3.8, 4) is 0 Å². The first-order valence-electron chi connectivity index (χ1n) is 7.76. The zero-order valence-corrected chi connectivity index (χ0v) is 16.4. The molecule has 1 aliphatic rings. The lowest BCUT2D eigenvalue weighted by atomic mass is 10.1. The van der Waals surface area contributed by atoms with Crippen molar-refractivity contribution in [1.29, 1.82) is 0 Å². The van der Waals surface area contributed by atoms with Crippen molar-refractivity contribution in [1.82, 2.24) is 0 Å². The van der Waals surface area contributed by atoms with E-state index in [1.807, 2.05) is 0 Å². The molecule has 0 amide bonds. The third-order valence-electron chi connectivity index (χ3n) is 3.14. The number of rotatable bonds is 2. The molecule has 0 radical (unpaired) electrons. The Hall–Kier alpha value is -2.09. The van der Waals surface area contributed by atoms with Crippen molar-refractivity contribution in [2.75, 3.05) is 26.4 Å². The summed E-state index contributed by atoms with van der Waals surface area (Å²) in [5, 5.41) is 7.46. The Morgan fingerprint density at radius 3 is 1.29 bits per heavy atom. The van der Waals surface area contributed by atoms with Crippen LogP contribution in [0, 0.1) is 0 Å². The summed E-state index contributed by atoms with van der Waals surface area (Å²) in [6, 6.07) is 7.53. The third kappa shape index (κ3) is 7.88. The Kier molecular flexibility index (Phi) is 8.94. The summed E-state index contributed by atoms with van der Waals surface area (Å²) in [6.07, 6.45) is 0. The maximum absolute atomic E-state index is 11.2. The van der Waals surface area contributed by atoms with E-state index < -0.39 is 36.0 Å². The van der Waals surface area contributed by atoms with Crippen LogP contribution in [0.15, 0.2) is 46.2 Å². The van der Waals surface area contributed by atoms with E-state index in [2.05, 4.69) is 0 Å². The number of hydrogen-bond donors (Lipinski definition) is 3. The van der Waals surface area contributed by atoms with Crippen molar-refractivity contribution < 1.29 is 45.3 Å². The largest absolute Gasteiger partial charge is 0.481 e. The zero-order valence-electron chi connectivity index (χ0n) is 14.8. The molecule has 1 heterocycles. The number of carboxylic acids is 1. The van der Waals surface area contributed by atoms with Gasteiger partial charge in [0.05, 0.1) is 26.4 Å². The van der Waals surface area contributed by atoms with E-state index in [1.54, 1.807) is 0 Å². The first-order valence-corrected chi connectivity index (χ1v) is 10.6. The Labute approximate surface area is 162 Å². The van der Waals surface area contributed by atoms with Gasteiger partial charge in [0.1, 0.15) is 9.79 Å². The number of fused-ring (bicyclic) bond motifs is 1. The molecule has 156 valence electrons. The quantitative estimate of drug-likeness (QED) is 0.587. The van der Waals surface area contributed by atoms with E-state index in [9.17, 15) is 16.8 Å². The molecular weight excluding hydrogens is 416 g/mol. The molecule has 12 heteroatoms. The molecule has 3 rings (SSSR count).